The Bertz CT molecular complexity index is 1460. The zero-order valence-corrected chi connectivity index (χ0v) is 20.1. The van der Waals surface area contributed by atoms with Crippen LogP contribution in [0.5, 0.6) is 11.5 Å². The van der Waals surface area contributed by atoms with Crippen molar-refractivity contribution in [3.63, 3.8) is 0 Å². The van der Waals surface area contributed by atoms with Gasteiger partial charge in [0.2, 0.25) is 0 Å². The third-order valence-electron chi connectivity index (χ3n) is 6.97. The van der Waals surface area contributed by atoms with Gasteiger partial charge in [-0.15, -0.1) is 0 Å². The number of fused-ring (bicyclic) bond motifs is 1. The smallest absolute Gasteiger partial charge is 0.150 e. The number of aromatic nitrogens is 1. The molecule has 1 aliphatic rings. The number of carbonyl (C=O) groups is 2. The Morgan fingerprint density at radius 1 is 0.838 bits per heavy atom. The molecule has 0 spiro atoms. The van der Waals surface area contributed by atoms with Crippen molar-refractivity contribution in [2.75, 3.05) is 0 Å². The summed E-state index contributed by atoms with van der Waals surface area (Å²) in [6.45, 7) is -0.408. The van der Waals surface area contributed by atoms with Crippen LogP contribution in [0.4, 0.5) is 4.39 Å². The van der Waals surface area contributed by atoms with Gasteiger partial charge in [0.15, 0.2) is 11.6 Å². The molecule has 0 bridgehead atoms. The number of Topliss-reactive ketones (excluding diaryl/α,β-unsaturated/α-hetero) is 2. The quantitative estimate of drug-likeness (QED) is 0.303. The lowest BCUT2D eigenvalue weighted by molar-refractivity contribution is -0.133. The van der Waals surface area contributed by atoms with Gasteiger partial charge in [-0.3, -0.25) is 14.6 Å². The largest absolute Gasteiger partial charge is 0.457 e. The van der Waals surface area contributed by atoms with Crippen LogP contribution < -0.4 is 4.74 Å². The average molecular weight is 500 g/mol. The van der Waals surface area contributed by atoms with E-state index < -0.39 is 5.41 Å². The number of pyridine rings is 1. The molecule has 3 aromatic carbocycles. The van der Waals surface area contributed by atoms with Gasteiger partial charge in [0.05, 0.1) is 24.1 Å². The first-order valence-electron chi connectivity index (χ1n) is 12.1. The maximum absolute atomic E-state index is 13.2. The maximum atomic E-state index is 13.2. The molecular formula is C30H26FNO5. The Labute approximate surface area is 213 Å². The molecule has 0 aliphatic heterocycles. The highest BCUT2D eigenvalue weighted by atomic mass is 19.1. The number of hydrogen-bond acceptors (Lipinski definition) is 6. The first kappa shape index (κ1) is 24.7. The SMILES string of the molecule is O=C(Cc1ccc(F)cc1)C1(C(=O)Cc2ccc(Oc3ccnc4cc(CO)c(CO)cc34)cc2)CC1. The molecule has 1 aromatic heterocycles. The van der Waals surface area contributed by atoms with Crippen molar-refractivity contribution < 1.29 is 28.9 Å². The van der Waals surface area contributed by atoms with Gasteiger partial charge in [0.25, 0.3) is 0 Å². The van der Waals surface area contributed by atoms with Crippen molar-refractivity contribution in [1.29, 1.82) is 0 Å². The van der Waals surface area contributed by atoms with Crippen LogP contribution in [-0.2, 0) is 35.6 Å². The summed E-state index contributed by atoms with van der Waals surface area (Å²) in [6, 6.07) is 18.2. The summed E-state index contributed by atoms with van der Waals surface area (Å²) < 4.78 is 19.2. The van der Waals surface area contributed by atoms with Gasteiger partial charge < -0.3 is 14.9 Å². The topological polar surface area (TPSA) is 96.7 Å². The molecule has 6 nitrogen and oxygen atoms in total. The van der Waals surface area contributed by atoms with Crippen LogP contribution >= 0.6 is 0 Å². The number of hydrogen-bond donors (Lipinski definition) is 2. The Balaban J connectivity index is 1.27. The number of rotatable bonds is 10. The van der Waals surface area contributed by atoms with Crippen LogP contribution in [0.25, 0.3) is 10.9 Å². The van der Waals surface area contributed by atoms with Gasteiger partial charge in [-0.25, -0.2) is 4.39 Å². The van der Waals surface area contributed by atoms with Crippen LogP contribution in [0.2, 0.25) is 0 Å². The maximum Gasteiger partial charge on any atom is 0.150 e. The van der Waals surface area contributed by atoms with Crippen LogP contribution in [0.3, 0.4) is 0 Å². The highest BCUT2D eigenvalue weighted by Gasteiger charge is 2.54. The second-order valence-electron chi connectivity index (χ2n) is 9.42. The summed E-state index contributed by atoms with van der Waals surface area (Å²) in [5.74, 6) is 0.555. The van der Waals surface area contributed by atoms with Crippen molar-refractivity contribution in [2.24, 2.45) is 5.41 Å². The second-order valence-corrected chi connectivity index (χ2v) is 9.42. The number of halogens is 1. The van der Waals surface area contributed by atoms with Crippen molar-refractivity contribution >= 4 is 22.5 Å². The molecular weight excluding hydrogens is 473 g/mol. The lowest BCUT2D eigenvalue weighted by Crippen LogP contribution is -2.28. The molecule has 0 atom stereocenters. The van der Waals surface area contributed by atoms with Crippen LogP contribution in [0, 0.1) is 11.2 Å². The number of carbonyl (C=O) groups excluding carboxylic acids is 2. The minimum atomic E-state index is -0.933. The second kappa shape index (κ2) is 10.2. The number of aliphatic hydroxyl groups excluding tert-OH is 2. The highest BCUT2D eigenvalue weighted by Crippen LogP contribution is 2.48. The van der Waals surface area contributed by atoms with Gasteiger partial charge in [0.1, 0.15) is 17.3 Å². The zero-order valence-electron chi connectivity index (χ0n) is 20.1. The summed E-state index contributed by atoms with van der Waals surface area (Å²) in [5, 5.41) is 19.9. The predicted octanol–water partition coefficient (Wildman–Crippen LogP) is 4.85. The molecule has 1 fully saturated rings. The Morgan fingerprint density at radius 3 is 1.97 bits per heavy atom. The molecule has 0 saturated heterocycles. The van der Waals surface area contributed by atoms with E-state index >= 15 is 0 Å². The van der Waals surface area contributed by atoms with Crippen LogP contribution in [-0.4, -0.2) is 26.8 Å². The van der Waals surface area contributed by atoms with E-state index in [0.717, 1.165) is 5.56 Å². The first-order chi connectivity index (χ1) is 17.9. The molecule has 0 amide bonds. The lowest BCUT2D eigenvalue weighted by atomic mass is 9.88. The number of nitrogens with zero attached hydrogens (tertiary/aromatic N) is 1. The van der Waals surface area contributed by atoms with Crippen molar-refractivity contribution in [2.45, 2.75) is 38.9 Å². The van der Waals surface area contributed by atoms with Gasteiger partial charge >= 0.3 is 0 Å². The number of benzene rings is 3. The summed E-state index contributed by atoms with van der Waals surface area (Å²) in [6.07, 6.45) is 2.99. The van der Waals surface area contributed by atoms with E-state index in [1.165, 1.54) is 12.1 Å². The fourth-order valence-electron chi connectivity index (χ4n) is 4.59. The van der Waals surface area contributed by atoms with Gasteiger partial charge in [-0.2, -0.15) is 0 Å². The summed E-state index contributed by atoms with van der Waals surface area (Å²) in [5.41, 5.74) is 2.41. The average Bonchev–Trinajstić information content (AvgIpc) is 3.73. The molecule has 0 unspecified atom stereocenters. The lowest BCUT2D eigenvalue weighted by Gasteiger charge is -2.14. The van der Waals surface area contributed by atoms with E-state index in [0.29, 0.717) is 51.9 Å². The van der Waals surface area contributed by atoms with E-state index in [-0.39, 0.29) is 43.4 Å². The van der Waals surface area contributed by atoms with E-state index in [1.54, 1.807) is 60.8 Å². The van der Waals surface area contributed by atoms with Gasteiger partial charge in [0, 0.05) is 24.4 Å². The predicted molar refractivity (Wildman–Crippen MR) is 136 cm³/mol. The molecule has 1 saturated carbocycles. The minimum absolute atomic E-state index is 0.0929. The highest BCUT2D eigenvalue weighted by molar-refractivity contribution is 6.10. The van der Waals surface area contributed by atoms with E-state index in [4.69, 9.17) is 4.74 Å². The van der Waals surface area contributed by atoms with E-state index in [1.807, 2.05) is 0 Å². The van der Waals surface area contributed by atoms with Gasteiger partial charge in [-0.05, 0) is 77.6 Å². The van der Waals surface area contributed by atoms with Crippen LogP contribution in [0.15, 0.2) is 72.9 Å². The standard InChI is InChI=1S/C30H26FNO5/c31-23-5-1-19(2-6-23)13-28(35)30(10-11-30)29(36)14-20-3-7-24(8-4-20)37-27-9-12-32-26-16-22(18-34)21(17-33)15-25(26)27/h1-9,12,15-16,33-34H,10-11,13-14,17-18H2. The first-order valence-corrected chi connectivity index (χ1v) is 12.1. The molecule has 37 heavy (non-hydrogen) atoms. The van der Waals surface area contributed by atoms with Crippen molar-refractivity contribution in [3.8, 4) is 11.5 Å². The minimum Gasteiger partial charge on any atom is -0.457 e. The summed E-state index contributed by atoms with van der Waals surface area (Å²) >= 11 is 0. The van der Waals surface area contributed by atoms with E-state index in [9.17, 15) is 24.2 Å². The fraction of sp³-hybridized carbons (Fsp3) is 0.233. The van der Waals surface area contributed by atoms with Gasteiger partial charge in [-0.1, -0.05) is 24.3 Å². The zero-order chi connectivity index (χ0) is 26.0. The molecule has 0 radical (unpaired) electrons. The number of aliphatic hydroxyl groups is 2. The molecule has 7 heteroatoms. The molecule has 1 aliphatic carbocycles. The monoisotopic (exact) mass is 499 g/mol. The number of ketones is 2. The summed E-state index contributed by atoms with van der Waals surface area (Å²) in [4.78, 5) is 30.3. The third kappa shape index (κ3) is 5.14. The molecule has 1 heterocycles. The molecule has 2 N–H and O–H groups in total. The Morgan fingerprint density at radius 2 is 1.41 bits per heavy atom. The van der Waals surface area contributed by atoms with E-state index in [2.05, 4.69) is 4.98 Å². The molecule has 4 aromatic rings. The van der Waals surface area contributed by atoms with Crippen molar-refractivity contribution in [3.05, 3.63) is 101 Å². The summed E-state index contributed by atoms with van der Waals surface area (Å²) in [7, 11) is 0. The third-order valence-corrected chi connectivity index (χ3v) is 6.97. The Hall–Kier alpha value is -3.94. The normalized spacial score (nSPS) is 13.9. The van der Waals surface area contributed by atoms with Crippen LogP contribution in [0.1, 0.15) is 35.1 Å². The van der Waals surface area contributed by atoms with Crippen molar-refractivity contribution in [1.82, 2.24) is 4.98 Å². The molecule has 5 rings (SSSR count). The molecule has 188 valence electrons. The fourth-order valence-corrected chi connectivity index (χ4v) is 4.59. The Kier molecular flexibility index (Phi) is 6.82. The number of ether oxygens (including phenoxy) is 1.